The normalized spacial score (nSPS) is 14.2. The third-order valence-electron chi connectivity index (χ3n) is 2.58. The average molecular weight is 427 g/mol. The molecule has 0 saturated heterocycles. The minimum atomic E-state index is -0.319. The lowest BCUT2D eigenvalue weighted by Gasteiger charge is -2.12. The summed E-state index contributed by atoms with van der Waals surface area (Å²) in [6, 6.07) is 5.29. The van der Waals surface area contributed by atoms with Crippen LogP contribution in [0.4, 0.5) is 10.5 Å². The molecule has 20 heavy (non-hydrogen) atoms. The van der Waals surface area contributed by atoms with E-state index < -0.39 is 0 Å². The number of nitrogens with zero attached hydrogens (tertiary/aromatic N) is 1. The van der Waals surface area contributed by atoms with Crippen molar-refractivity contribution in [2.45, 2.75) is 12.8 Å². The topological polar surface area (TPSA) is 65.5 Å². The Balaban J connectivity index is 0.00000200. The molecule has 0 saturated carbocycles. The molecule has 0 spiro atoms. The van der Waals surface area contributed by atoms with Crippen molar-refractivity contribution >= 4 is 61.9 Å². The molecule has 1 aliphatic heterocycles. The van der Waals surface area contributed by atoms with E-state index in [4.69, 9.17) is 0 Å². The molecule has 0 radical (unpaired) electrons. The van der Waals surface area contributed by atoms with E-state index in [-0.39, 0.29) is 18.4 Å². The number of carbonyl (C=O) groups is 1. The third kappa shape index (κ3) is 4.96. The predicted octanol–water partition coefficient (Wildman–Crippen LogP) is 3.49. The molecule has 1 heterocycles. The van der Waals surface area contributed by atoms with Crippen molar-refractivity contribution in [2.75, 3.05) is 18.4 Å². The maximum Gasteiger partial charge on any atom is 0.326 e. The minimum absolute atomic E-state index is 0. The first-order valence-electron chi connectivity index (χ1n) is 5.97. The number of rotatable bonds is 1. The van der Waals surface area contributed by atoms with Crippen LogP contribution in [0.15, 0.2) is 32.1 Å². The smallest absolute Gasteiger partial charge is 0.326 e. The first-order valence-corrected chi connectivity index (χ1v) is 7.56. The molecule has 1 aliphatic rings. The van der Waals surface area contributed by atoms with Gasteiger partial charge in [0.1, 0.15) is 0 Å². The van der Waals surface area contributed by atoms with Crippen LogP contribution in [0.1, 0.15) is 12.8 Å². The molecule has 0 aliphatic carbocycles. The third-order valence-corrected chi connectivity index (χ3v) is 3.90. The Morgan fingerprint density at radius 3 is 2.60 bits per heavy atom. The first-order chi connectivity index (χ1) is 9.16. The van der Waals surface area contributed by atoms with Crippen LogP contribution in [0.3, 0.4) is 0 Å². The highest BCUT2D eigenvalue weighted by Gasteiger charge is 2.11. The van der Waals surface area contributed by atoms with Gasteiger partial charge >= 0.3 is 6.03 Å². The van der Waals surface area contributed by atoms with Crippen molar-refractivity contribution < 1.29 is 4.79 Å². The highest BCUT2D eigenvalue weighted by molar-refractivity contribution is 9.11. The van der Waals surface area contributed by atoms with Gasteiger partial charge in [-0.15, -0.1) is 12.4 Å². The summed E-state index contributed by atoms with van der Waals surface area (Å²) in [7, 11) is 0. The number of guanidine groups is 1. The summed E-state index contributed by atoms with van der Waals surface area (Å²) >= 11 is 6.79. The van der Waals surface area contributed by atoms with Gasteiger partial charge in [0.2, 0.25) is 0 Å². The van der Waals surface area contributed by atoms with E-state index in [1.807, 2.05) is 18.2 Å². The van der Waals surface area contributed by atoms with Gasteiger partial charge in [-0.2, -0.15) is 0 Å². The molecular weight excluding hydrogens is 411 g/mol. The van der Waals surface area contributed by atoms with Gasteiger partial charge in [0.05, 0.1) is 5.69 Å². The van der Waals surface area contributed by atoms with Crippen molar-refractivity contribution in [2.24, 2.45) is 4.99 Å². The molecule has 3 N–H and O–H groups in total. The number of carbonyl (C=O) groups excluding carboxylic acids is 1. The van der Waals surface area contributed by atoms with E-state index in [0.717, 1.165) is 34.9 Å². The van der Waals surface area contributed by atoms with Crippen LogP contribution in [0.25, 0.3) is 0 Å². The summed E-state index contributed by atoms with van der Waals surface area (Å²) in [5, 5.41) is 8.57. The standard InChI is InChI=1S/C12H14Br2N4O.ClH/c13-8-4-3-5-9(14)10(8)17-12(19)18-11-15-6-1-2-7-16-11;/h3-5H,1-2,6-7H2,(H3,15,16,17,18,19);1H. The number of hydrogen-bond donors (Lipinski definition) is 3. The Bertz CT molecular complexity index is 490. The van der Waals surface area contributed by atoms with Crippen molar-refractivity contribution in [1.82, 2.24) is 10.6 Å². The number of halogens is 3. The summed E-state index contributed by atoms with van der Waals surface area (Å²) in [5.74, 6) is 0.526. The highest BCUT2D eigenvalue weighted by Crippen LogP contribution is 2.30. The lowest BCUT2D eigenvalue weighted by atomic mass is 10.3. The van der Waals surface area contributed by atoms with Crippen molar-refractivity contribution in [1.29, 1.82) is 0 Å². The van der Waals surface area contributed by atoms with Crippen LogP contribution in [-0.4, -0.2) is 25.1 Å². The summed E-state index contributed by atoms with van der Waals surface area (Å²) < 4.78 is 1.63. The van der Waals surface area contributed by atoms with Gasteiger partial charge in [-0.05, 0) is 56.8 Å². The Morgan fingerprint density at radius 2 is 1.90 bits per heavy atom. The average Bonchev–Trinajstić information content (AvgIpc) is 2.63. The van der Waals surface area contributed by atoms with Crippen molar-refractivity contribution in [3.8, 4) is 0 Å². The number of urea groups is 1. The molecule has 0 fully saturated rings. The zero-order valence-corrected chi connectivity index (χ0v) is 14.6. The fourth-order valence-corrected chi connectivity index (χ4v) is 2.84. The largest absolute Gasteiger partial charge is 0.356 e. The maximum absolute atomic E-state index is 11.9. The van der Waals surface area contributed by atoms with Gasteiger partial charge in [-0.1, -0.05) is 6.07 Å². The van der Waals surface area contributed by atoms with E-state index >= 15 is 0 Å². The van der Waals surface area contributed by atoms with E-state index in [2.05, 4.69) is 52.8 Å². The molecule has 2 rings (SSSR count). The number of para-hydroxylation sites is 1. The maximum atomic E-state index is 11.9. The van der Waals surface area contributed by atoms with Crippen LogP contribution >= 0.6 is 44.3 Å². The molecule has 1 aromatic carbocycles. The van der Waals surface area contributed by atoms with E-state index in [1.165, 1.54) is 0 Å². The van der Waals surface area contributed by atoms with Gasteiger partial charge in [-0.3, -0.25) is 10.3 Å². The minimum Gasteiger partial charge on any atom is -0.356 e. The highest BCUT2D eigenvalue weighted by atomic mass is 79.9. The van der Waals surface area contributed by atoms with Gasteiger partial charge in [0.25, 0.3) is 0 Å². The van der Waals surface area contributed by atoms with E-state index in [9.17, 15) is 4.79 Å². The van der Waals surface area contributed by atoms with Crippen LogP contribution in [0.2, 0.25) is 0 Å². The molecule has 0 atom stereocenters. The second-order valence-corrected chi connectivity index (χ2v) is 5.75. The zero-order chi connectivity index (χ0) is 13.7. The van der Waals surface area contributed by atoms with Gasteiger partial charge in [-0.25, -0.2) is 4.79 Å². The van der Waals surface area contributed by atoms with Crippen LogP contribution in [-0.2, 0) is 0 Å². The molecule has 0 aromatic heterocycles. The molecule has 0 bridgehead atoms. The monoisotopic (exact) mass is 424 g/mol. The number of benzene rings is 1. The summed E-state index contributed by atoms with van der Waals surface area (Å²) in [6.07, 6.45) is 2.10. The molecule has 8 heteroatoms. The lowest BCUT2D eigenvalue weighted by Crippen LogP contribution is -2.43. The van der Waals surface area contributed by atoms with Crippen molar-refractivity contribution in [3.05, 3.63) is 27.1 Å². The second-order valence-electron chi connectivity index (χ2n) is 4.04. The molecule has 110 valence electrons. The Morgan fingerprint density at radius 1 is 1.20 bits per heavy atom. The molecule has 5 nitrogen and oxygen atoms in total. The van der Waals surface area contributed by atoms with Gasteiger partial charge in [0, 0.05) is 22.0 Å². The lowest BCUT2D eigenvalue weighted by molar-refractivity contribution is 0.256. The van der Waals surface area contributed by atoms with E-state index in [1.54, 1.807) is 0 Å². The molecule has 2 amide bonds. The SMILES string of the molecule is Cl.O=C(NC1=NCCCCN1)Nc1c(Br)cccc1Br. The van der Waals surface area contributed by atoms with Crippen molar-refractivity contribution in [3.63, 3.8) is 0 Å². The van der Waals surface area contributed by atoms with E-state index in [0.29, 0.717) is 11.6 Å². The second kappa shape index (κ2) is 8.49. The fourth-order valence-electron chi connectivity index (χ4n) is 1.64. The number of amides is 2. The Kier molecular flexibility index (Phi) is 7.32. The molecule has 0 unspecified atom stereocenters. The zero-order valence-electron chi connectivity index (χ0n) is 10.6. The molecule has 1 aromatic rings. The summed E-state index contributed by atoms with van der Waals surface area (Å²) in [6.45, 7) is 1.57. The van der Waals surface area contributed by atoms with Gasteiger partial charge in [0.15, 0.2) is 5.96 Å². The van der Waals surface area contributed by atoms with Crippen LogP contribution in [0, 0.1) is 0 Å². The fraction of sp³-hybridized carbons (Fsp3) is 0.333. The molecular formula is C12H15Br2ClN4O. The predicted molar refractivity (Wildman–Crippen MR) is 90.8 cm³/mol. The number of aliphatic imine (C=N–C) groups is 1. The van der Waals surface area contributed by atoms with Crippen LogP contribution < -0.4 is 16.0 Å². The quantitative estimate of drug-likeness (QED) is 0.644. The van der Waals surface area contributed by atoms with Gasteiger partial charge < -0.3 is 10.6 Å². The summed E-state index contributed by atoms with van der Waals surface area (Å²) in [5.41, 5.74) is 0.689. The van der Waals surface area contributed by atoms with Crippen LogP contribution in [0.5, 0.6) is 0 Å². The summed E-state index contributed by atoms with van der Waals surface area (Å²) in [4.78, 5) is 16.2. The Labute approximate surface area is 140 Å². The number of anilines is 1. The Hall–Kier alpha value is -0.790. The first kappa shape index (κ1) is 17.3. The number of nitrogens with one attached hydrogen (secondary N) is 3. The number of hydrogen-bond acceptors (Lipinski definition) is 3.